The van der Waals surface area contributed by atoms with Crippen molar-refractivity contribution in [1.82, 2.24) is 20.1 Å². The van der Waals surface area contributed by atoms with Crippen LogP contribution in [0.2, 0.25) is 5.02 Å². The summed E-state index contributed by atoms with van der Waals surface area (Å²) in [7, 11) is 1.93. The highest BCUT2D eigenvalue weighted by molar-refractivity contribution is 6.31. The van der Waals surface area contributed by atoms with Crippen LogP contribution in [-0.2, 0) is 6.54 Å². The molecule has 1 unspecified atom stereocenters. The van der Waals surface area contributed by atoms with Crippen LogP contribution in [0.1, 0.15) is 36.2 Å². The Morgan fingerprint density at radius 3 is 2.84 bits per heavy atom. The van der Waals surface area contributed by atoms with Crippen LogP contribution in [-0.4, -0.2) is 21.8 Å². The van der Waals surface area contributed by atoms with E-state index in [0.717, 1.165) is 24.2 Å². The van der Waals surface area contributed by atoms with Gasteiger partial charge >= 0.3 is 0 Å². The van der Waals surface area contributed by atoms with E-state index in [1.807, 2.05) is 24.0 Å². The molecule has 2 aromatic rings. The maximum Gasteiger partial charge on any atom is 0.0837 e. The Kier molecular flexibility index (Phi) is 4.56. The van der Waals surface area contributed by atoms with Crippen molar-refractivity contribution in [2.75, 3.05) is 7.05 Å². The number of aryl methyl sites for hydroxylation is 2. The molecule has 0 radical (unpaired) electrons. The van der Waals surface area contributed by atoms with Crippen LogP contribution in [0.5, 0.6) is 0 Å². The fourth-order valence-corrected chi connectivity index (χ4v) is 2.55. The zero-order chi connectivity index (χ0) is 13.8. The summed E-state index contributed by atoms with van der Waals surface area (Å²) in [5.74, 6) is 0. The topological polar surface area (TPSA) is 42.7 Å². The molecule has 0 bridgehead atoms. The number of nitrogens with one attached hydrogen (secondary N) is 1. The van der Waals surface area contributed by atoms with E-state index >= 15 is 0 Å². The molecule has 0 saturated heterocycles. The number of aromatic nitrogens is 3. The summed E-state index contributed by atoms with van der Waals surface area (Å²) < 4.78 is 1.98. The van der Waals surface area contributed by atoms with Gasteiger partial charge in [0.1, 0.15) is 0 Å². The molecule has 2 heterocycles. The highest BCUT2D eigenvalue weighted by Gasteiger charge is 2.21. The standard InChI is InChI=1S/C14H19ClN4/c1-4-7-19-14(12(15)9-18-19)13(16-3)11-5-6-17-8-10(11)2/h5-6,8-9,13,16H,4,7H2,1-3H3. The van der Waals surface area contributed by atoms with Gasteiger partial charge in [-0.15, -0.1) is 0 Å². The summed E-state index contributed by atoms with van der Waals surface area (Å²) in [5.41, 5.74) is 3.33. The molecule has 0 spiro atoms. The van der Waals surface area contributed by atoms with E-state index in [0.29, 0.717) is 5.02 Å². The van der Waals surface area contributed by atoms with Gasteiger partial charge in [0.2, 0.25) is 0 Å². The minimum absolute atomic E-state index is 0.0320. The predicted octanol–water partition coefficient (Wildman–Crippen LogP) is 2.96. The maximum absolute atomic E-state index is 6.32. The van der Waals surface area contributed by atoms with Gasteiger partial charge in [-0.25, -0.2) is 0 Å². The number of pyridine rings is 1. The molecule has 0 aliphatic heterocycles. The molecule has 1 N–H and O–H groups in total. The van der Waals surface area contributed by atoms with Crippen LogP contribution in [0.4, 0.5) is 0 Å². The average molecular weight is 279 g/mol. The summed E-state index contributed by atoms with van der Waals surface area (Å²) in [5, 5.41) is 8.38. The molecule has 2 aromatic heterocycles. The van der Waals surface area contributed by atoms with Crippen molar-refractivity contribution in [3.63, 3.8) is 0 Å². The number of hydrogen-bond acceptors (Lipinski definition) is 3. The lowest BCUT2D eigenvalue weighted by Crippen LogP contribution is -2.23. The third-order valence-corrected chi connectivity index (χ3v) is 3.50. The quantitative estimate of drug-likeness (QED) is 0.914. The van der Waals surface area contributed by atoms with Gasteiger partial charge in [0.05, 0.1) is 23.0 Å². The minimum atomic E-state index is 0.0320. The van der Waals surface area contributed by atoms with E-state index in [-0.39, 0.29) is 6.04 Å². The van der Waals surface area contributed by atoms with Gasteiger partial charge < -0.3 is 5.32 Å². The maximum atomic E-state index is 6.32. The van der Waals surface area contributed by atoms with Crippen molar-refractivity contribution in [3.05, 3.63) is 46.5 Å². The lowest BCUT2D eigenvalue weighted by atomic mass is 10.0. The Morgan fingerprint density at radius 2 is 2.21 bits per heavy atom. The molecule has 0 saturated carbocycles. The fourth-order valence-electron chi connectivity index (χ4n) is 2.30. The van der Waals surface area contributed by atoms with Crippen molar-refractivity contribution < 1.29 is 0 Å². The van der Waals surface area contributed by atoms with Crippen molar-refractivity contribution in [1.29, 1.82) is 0 Å². The van der Waals surface area contributed by atoms with Gasteiger partial charge in [0, 0.05) is 18.9 Å². The van der Waals surface area contributed by atoms with Crippen molar-refractivity contribution in [2.24, 2.45) is 0 Å². The second-order valence-corrected chi connectivity index (χ2v) is 4.96. The van der Waals surface area contributed by atoms with Crippen molar-refractivity contribution in [2.45, 2.75) is 32.9 Å². The number of hydrogen-bond donors (Lipinski definition) is 1. The Bertz CT molecular complexity index is 550. The smallest absolute Gasteiger partial charge is 0.0837 e. The largest absolute Gasteiger partial charge is 0.308 e. The third kappa shape index (κ3) is 2.80. The molecular formula is C14H19ClN4. The lowest BCUT2D eigenvalue weighted by Gasteiger charge is -2.20. The van der Waals surface area contributed by atoms with Crippen LogP contribution in [0.3, 0.4) is 0 Å². The van der Waals surface area contributed by atoms with E-state index in [1.54, 1.807) is 12.4 Å². The molecular weight excluding hydrogens is 260 g/mol. The number of nitrogens with zero attached hydrogens (tertiary/aromatic N) is 3. The number of halogens is 1. The van der Waals surface area contributed by atoms with E-state index in [1.165, 1.54) is 5.56 Å². The molecule has 1 atom stereocenters. The fraction of sp³-hybridized carbons (Fsp3) is 0.429. The SMILES string of the molecule is CCCn1ncc(Cl)c1C(NC)c1ccncc1C. The Morgan fingerprint density at radius 1 is 1.42 bits per heavy atom. The van der Waals surface area contributed by atoms with Gasteiger partial charge in [-0.2, -0.15) is 5.10 Å². The normalized spacial score (nSPS) is 12.6. The zero-order valence-electron chi connectivity index (χ0n) is 11.5. The van der Waals surface area contributed by atoms with Crippen LogP contribution >= 0.6 is 11.6 Å². The van der Waals surface area contributed by atoms with E-state index < -0.39 is 0 Å². The lowest BCUT2D eigenvalue weighted by molar-refractivity contribution is 0.533. The Balaban J connectivity index is 2.48. The van der Waals surface area contributed by atoms with E-state index in [2.05, 4.69) is 29.2 Å². The summed E-state index contributed by atoms with van der Waals surface area (Å²) in [6, 6.07) is 2.06. The van der Waals surface area contributed by atoms with Gasteiger partial charge in [0.15, 0.2) is 0 Å². The van der Waals surface area contributed by atoms with Gasteiger partial charge in [-0.3, -0.25) is 9.67 Å². The first-order chi connectivity index (χ1) is 9.19. The first-order valence-corrected chi connectivity index (χ1v) is 6.85. The Labute approximate surface area is 118 Å². The van der Waals surface area contributed by atoms with Crippen LogP contribution in [0.25, 0.3) is 0 Å². The van der Waals surface area contributed by atoms with Crippen LogP contribution in [0.15, 0.2) is 24.7 Å². The van der Waals surface area contributed by atoms with Crippen molar-refractivity contribution in [3.8, 4) is 0 Å². The van der Waals surface area contributed by atoms with Gasteiger partial charge in [-0.1, -0.05) is 18.5 Å². The third-order valence-electron chi connectivity index (χ3n) is 3.21. The number of rotatable bonds is 5. The van der Waals surface area contributed by atoms with Crippen LogP contribution < -0.4 is 5.32 Å². The zero-order valence-corrected chi connectivity index (χ0v) is 12.3. The molecule has 102 valence electrons. The first-order valence-electron chi connectivity index (χ1n) is 6.48. The van der Waals surface area contributed by atoms with Gasteiger partial charge in [-0.05, 0) is 37.6 Å². The summed E-state index contributed by atoms with van der Waals surface area (Å²) in [6.45, 7) is 5.05. The summed E-state index contributed by atoms with van der Waals surface area (Å²) in [6.07, 6.45) is 6.42. The Hall–Kier alpha value is -1.39. The molecule has 0 fully saturated rings. The second kappa shape index (κ2) is 6.17. The van der Waals surface area contributed by atoms with Crippen LogP contribution in [0, 0.1) is 6.92 Å². The molecule has 0 aromatic carbocycles. The summed E-state index contributed by atoms with van der Waals surface area (Å²) in [4.78, 5) is 4.14. The molecule has 4 nitrogen and oxygen atoms in total. The molecule has 19 heavy (non-hydrogen) atoms. The molecule has 0 amide bonds. The predicted molar refractivity (Wildman–Crippen MR) is 77.4 cm³/mol. The molecule has 5 heteroatoms. The summed E-state index contributed by atoms with van der Waals surface area (Å²) >= 11 is 6.32. The highest BCUT2D eigenvalue weighted by atomic mass is 35.5. The molecule has 2 rings (SSSR count). The highest BCUT2D eigenvalue weighted by Crippen LogP contribution is 2.29. The molecule has 0 aliphatic carbocycles. The minimum Gasteiger partial charge on any atom is -0.308 e. The average Bonchev–Trinajstić information content (AvgIpc) is 2.75. The van der Waals surface area contributed by atoms with Crippen molar-refractivity contribution >= 4 is 11.6 Å². The monoisotopic (exact) mass is 278 g/mol. The second-order valence-electron chi connectivity index (χ2n) is 4.55. The van der Waals surface area contributed by atoms with Gasteiger partial charge in [0.25, 0.3) is 0 Å². The molecule has 0 aliphatic rings. The van der Waals surface area contributed by atoms with E-state index in [9.17, 15) is 0 Å². The van der Waals surface area contributed by atoms with E-state index in [4.69, 9.17) is 11.6 Å². The first kappa shape index (κ1) is 14.0.